The maximum atomic E-state index is 2.50. The van der Waals surface area contributed by atoms with Crippen LogP contribution in [0.5, 0.6) is 0 Å². The van der Waals surface area contributed by atoms with Gasteiger partial charge in [0.1, 0.15) is 0 Å². The summed E-state index contributed by atoms with van der Waals surface area (Å²) in [6.45, 7) is 4.74. The smallest absolute Gasteiger partial charge is 0.0547 e. The Balaban J connectivity index is 1.30. The van der Waals surface area contributed by atoms with Gasteiger partial charge in [-0.3, -0.25) is 0 Å². The molecule has 10 rings (SSSR count). The average molecular weight is 601 g/mol. The van der Waals surface area contributed by atoms with Crippen LogP contribution in [-0.4, -0.2) is 9.13 Å². The van der Waals surface area contributed by atoms with Gasteiger partial charge in [-0.25, -0.2) is 0 Å². The molecule has 9 aromatic rings. The topological polar surface area (TPSA) is 9.86 Å². The fourth-order valence-electron chi connectivity index (χ4n) is 8.25. The molecule has 0 amide bonds. The molecule has 222 valence electrons. The SMILES string of the molecule is CC1(C)c2ccccc2-c2cc3c4ccc(-c5ccccc5)cc4n(-c4ccc5c(c4)c4ccccc4n5-c4ccccc4)c3cc21. The molecule has 1 aliphatic carbocycles. The first-order valence-electron chi connectivity index (χ1n) is 16.4. The van der Waals surface area contributed by atoms with Crippen molar-refractivity contribution in [1.29, 1.82) is 0 Å². The Bertz CT molecular complexity index is 2690. The molecule has 0 saturated heterocycles. The maximum absolute atomic E-state index is 2.50. The van der Waals surface area contributed by atoms with Crippen molar-refractivity contribution in [3.8, 4) is 33.6 Å². The Morgan fingerprint density at radius 1 is 0.362 bits per heavy atom. The lowest BCUT2D eigenvalue weighted by Crippen LogP contribution is -2.14. The van der Waals surface area contributed by atoms with Crippen LogP contribution in [0.2, 0.25) is 0 Å². The highest BCUT2D eigenvalue weighted by Crippen LogP contribution is 2.51. The van der Waals surface area contributed by atoms with E-state index in [0.717, 1.165) is 0 Å². The van der Waals surface area contributed by atoms with Crippen molar-refractivity contribution in [2.75, 3.05) is 0 Å². The number of benzene rings is 7. The number of nitrogens with zero attached hydrogens (tertiary/aromatic N) is 2. The van der Waals surface area contributed by atoms with Gasteiger partial charge in [-0.05, 0) is 88.0 Å². The number of aromatic nitrogens is 2. The van der Waals surface area contributed by atoms with Crippen molar-refractivity contribution < 1.29 is 0 Å². The molecule has 2 heteroatoms. The molecular formula is C45H32N2. The first-order valence-corrected chi connectivity index (χ1v) is 16.4. The van der Waals surface area contributed by atoms with E-state index in [2.05, 4.69) is 181 Å². The Hall–Kier alpha value is -5.86. The average Bonchev–Trinajstić information content (AvgIpc) is 3.70. The Kier molecular flexibility index (Phi) is 5.37. The predicted molar refractivity (Wildman–Crippen MR) is 198 cm³/mol. The molecular weight excluding hydrogens is 569 g/mol. The summed E-state index contributed by atoms with van der Waals surface area (Å²) in [4.78, 5) is 0. The van der Waals surface area contributed by atoms with Crippen molar-refractivity contribution in [2.24, 2.45) is 0 Å². The molecule has 0 spiro atoms. The van der Waals surface area contributed by atoms with Gasteiger partial charge in [-0.2, -0.15) is 0 Å². The molecule has 0 bridgehead atoms. The highest BCUT2D eigenvalue weighted by Gasteiger charge is 2.36. The zero-order valence-corrected chi connectivity index (χ0v) is 26.4. The van der Waals surface area contributed by atoms with E-state index >= 15 is 0 Å². The molecule has 47 heavy (non-hydrogen) atoms. The van der Waals surface area contributed by atoms with Crippen molar-refractivity contribution in [3.05, 3.63) is 169 Å². The van der Waals surface area contributed by atoms with Gasteiger partial charge in [0.05, 0.1) is 22.1 Å². The Morgan fingerprint density at radius 2 is 1.00 bits per heavy atom. The summed E-state index contributed by atoms with van der Waals surface area (Å²) in [7, 11) is 0. The summed E-state index contributed by atoms with van der Waals surface area (Å²) in [5.41, 5.74) is 15.1. The van der Waals surface area contributed by atoms with Crippen LogP contribution in [0.25, 0.3) is 77.2 Å². The number of para-hydroxylation sites is 2. The first kappa shape index (κ1) is 26.4. The van der Waals surface area contributed by atoms with Gasteiger partial charge in [0.2, 0.25) is 0 Å². The van der Waals surface area contributed by atoms with Crippen LogP contribution in [0.4, 0.5) is 0 Å². The van der Waals surface area contributed by atoms with E-state index in [0.29, 0.717) is 0 Å². The molecule has 0 N–H and O–H groups in total. The monoisotopic (exact) mass is 600 g/mol. The van der Waals surface area contributed by atoms with Crippen LogP contribution >= 0.6 is 0 Å². The van der Waals surface area contributed by atoms with Crippen molar-refractivity contribution >= 4 is 43.6 Å². The van der Waals surface area contributed by atoms with Gasteiger partial charge >= 0.3 is 0 Å². The molecule has 0 fully saturated rings. The van der Waals surface area contributed by atoms with Gasteiger partial charge in [0, 0.05) is 38.3 Å². The first-order chi connectivity index (χ1) is 23.1. The van der Waals surface area contributed by atoms with Crippen LogP contribution in [-0.2, 0) is 5.41 Å². The molecule has 2 nitrogen and oxygen atoms in total. The lowest BCUT2D eigenvalue weighted by molar-refractivity contribution is 0.661. The van der Waals surface area contributed by atoms with Crippen LogP contribution in [0.1, 0.15) is 25.0 Å². The summed E-state index contributed by atoms with van der Waals surface area (Å²) in [5.74, 6) is 0. The summed E-state index contributed by atoms with van der Waals surface area (Å²) in [6.07, 6.45) is 0. The third-order valence-electron chi connectivity index (χ3n) is 10.5. The summed E-state index contributed by atoms with van der Waals surface area (Å²) in [5, 5.41) is 5.08. The zero-order valence-electron chi connectivity index (χ0n) is 26.4. The minimum atomic E-state index is -0.0797. The van der Waals surface area contributed by atoms with E-state index in [1.807, 2.05) is 0 Å². The van der Waals surface area contributed by atoms with E-state index in [1.54, 1.807) is 0 Å². The van der Waals surface area contributed by atoms with Crippen LogP contribution in [0, 0.1) is 0 Å². The molecule has 2 aromatic heterocycles. The minimum Gasteiger partial charge on any atom is -0.309 e. The van der Waals surface area contributed by atoms with Crippen molar-refractivity contribution in [1.82, 2.24) is 9.13 Å². The molecule has 0 saturated carbocycles. The molecule has 0 atom stereocenters. The molecule has 2 heterocycles. The van der Waals surface area contributed by atoms with Crippen LogP contribution < -0.4 is 0 Å². The summed E-state index contributed by atoms with van der Waals surface area (Å²) in [6, 6.07) is 58.1. The summed E-state index contributed by atoms with van der Waals surface area (Å²) >= 11 is 0. The minimum absolute atomic E-state index is 0.0797. The van der Waals surface area contributed by atoms with Gasteiger partial charge in [-0.1, -0.05) is 117 Å². The standard InChI is InChI=1S/C45H32N2/c1-45(2)39-19-11-9-17-33(39)36-27-38-35-23-21-30(29-13-5-3-6-14-29)25-43(35)47(44(38)28-40(36)45)32-22-24-42-37(26-32)34-18-10-12-20-41(34)46(42)31-15-7-4-8-16-31/h3-28H,1-2H3. The van der Waals surface area contributed by atoms with E-state index in [1.165, 1.54) is 88.4 Å². The van der Waals surface area contributed by atoms with E-state index in [-0.39, 0.29) is 5.41 Å². The second-order valence-corrected chi connectivity index (χ2v) is 13.4. The van der Waals surface area contributed by atoms with Gasteiger partial charge in [-0.15, -0.1) is 0 Å². The Labute approximate surface area is 273 Å². The van der Waals surface area contributed by atoms with Gasteiger partial charge in [0.25, 0.3) is 0 Å². The largest absolute Gasteiger partial charge is 0.309 e. The third-order valence-corrected chi connectivity index (χ3v) is 10.5. The molecule has 1 aliphatic rings. The van der Waals surface area contributed by atoms with Crippen molar-refractivity contribution in [3.63, 3.8) is 0 Å². The van der Waals surface area contributed by atoms with E-state index in [4.69, 9.17) is 0 Å². The number of hydrogen-bond acceptors (Lipinski definition) is 0. The highest BCUT2D eigenvalue weighted by atomic mass is 15.0. The highest BCUT2D eigenvalue weighted by molar-refractivity contribution is 6.14. The quantitative estimate of drug-likeness (QED) is 0.191. The molecule has 0 radical (unpaired) electrons. The second kappa shape index (κ2) is 9.57. The predicted octanol–water partition coefficient (Wildman–Crippen LogP) is 11.9. The van der Waals surface area contributed by atoms with Gasteiger partial charge < -0.3 is 9.13 Å². The van der Waals surface area contributed by atoms with Gasteiger partial charge in [0.15, 0.2) is 0 Å². The van der Waals surface area contributed by atoms with Crippen molar-refractivity contribution in [2.45, 2.75) is 19.3 Å². The third kappa shape index (κ3) is 3.67. The fraction of sp³-hybridized carbons (Fsp3) is 0.0667. The molecule has 0 aliphatic heterocycles. The normalized spacial score (nSPS) is 13.5. The second-order valence-electron chi connectivity index (χ2n) is 13.4. The number of hydrogen-bond donors (Lipinski definition) is 0. The van der Waals surface area contributed by atoms with Crippen LogP contribution in [0.3, 0.4) is 0 Å². The lowest BCUT2D eigenvalue weighted by atomic mass is 9.82. The number of rotatable bonds is 3. The lowest BCUT2D eigenvalue weighted by Gasteiger charge is -2.21. The fourth-order valence-corrected chi connectivity index (χ4v) is 8.25. The summed E-state index contributed by atoms with van der Waals surface area (Å²) < 4.78 is 4.89. The van der Waals surface area contributed by atoms with Crippen LogP contribution in [0.15, 0.2) is 158 Å². The van der Waals surface area contributed by atoms with E-state index in [9.17, 15) is 0 Å². The van der Waals surface area contributed by atoms with E-state index < -0.39 is 0 Å². The molecule has 7 aromatic carbocycles. The number of fused-ring (bicyclic) bond motifs is 9. The molecule has 0 unspecified atom stereocenters. The maximum Gasteiger partial charge on any atom is 0.0547 e. The zero-order chi connectivity index (χ0) is 31.3. The Morgan fingerprint density at radius 3 is 1.85 bits per heavy atom.